The van der Waals surface area contributed by atoms with Crippen molar-refractivity contribution in [1.82, 2.24) is 0 Å². The highest BCUT2D eigenvalue weighted by molar-refractivity contribution is 5.86. The second-order valence-electron chi connectivity index (χ2n) is 3.50. The second kappa shape index (κ2) is 4.24. The van der Waals surface area contributed by atoms with E-state index >= 15 is 0 Å². The summed E-state index contributed by atoms with van der Waals surface area (Å²) in [6, 6.07) is 9.42. The van der Waals surface area contributed by atoms with Gasteiger partial charge in [0.05, 0.1) is 12.0 Å². The molecular weight excluding hydrogens is 178 g/mol. The number of ether oxygens (including phenoxy) is 1. The van der Waals surface area contributed by atoms with Gasteiger partial charge >= 0.3 is 0 Å². The number of carbonyl (C=O) groups excluding carboxylic acids is 1. The van der Waals surface area contributed by atoms with Crippen molar-refractivity contribution in [3.05, 3.63) is 35.9 Å². The summed E-state index contributed by atoms with van der Waals surface area (Å²) in [5, 5.41) is 0. The Labute approximate surface area is 83.9 Å². The van der Waals surface area contributed by atoms with Crippen LogP contribution in [0.3, 0.4) is 0 Å². The number of hydrogen-bond acceptors (Lipinski definition) is 2. The number of benzene rings is 1. The van der Waals surface area contributed by atoms with Crippen LogP contribution in [0.1, 0.15) is 12.5 Å². The van der Waals surface area contributed by atoms with Crippen LogP contribution in [0.5, 0.6) is 0 Å². The molecule has 0 heterocycles. The number of amides is 1. The van der Waals surface area contributed by atoms with E-state index < -0.39 is 5.41 Å². The first-order valence-electron chi connectivity index (χ1n) is 4.45. The predicted molar refractivity (Wildman–Crippen MR) is 54.9 cm³/mol. The maximum Gasteiger partial charge on any atom is 0.230 e. The van der Waals surface area contributed by atoms with Crippen LogP contribution < -0.4 is 5.73 Å². The van der Waals surface area contributed by atoms with Crippen LogP contribution in [0.25, 0.3) is 0 Å². The minimum Gasteiger partial charge on any atom is -0.383 e. The molecule has 0 aromatic heterocycles. The van der Waals surface area contributed by atoms with Crippen molar-refractivity contribution >= 4 is 5.91 Å². The van der Waals surface area contributed by atoms with E-state index in [0.717, 1.165) is 5.56 Å². The summed E-state index contributed by atoms with van der Waals surface area (Å²) in [4.78, 5) is 11.4. The zero-order chi connectivity index (χ0) is 10.6. The predicted octanol–water partition coefficient (Wildman–Crippen LogP) is 1.08. The molecule has 76 valence electrons. The molecule has 1 rings (SSSR count). The normalized spacial score (nSPS) is 14.7. The number of nitrogens with two attached hydrogens (primary N) is 1. The average Bonchev–Trinajstić information content (AvgIpc) is 2.19. The van der Waals surface area contributed by atoms with Gasteiger partial charge in [-0.2, -0.15) is 0 Å². The van der Waals surface area contributed by atoms with Crippen LogP contribution in [0.2, 0.25) is 0 Å². The molecule has 0 fully saturated rings. The minimum absolute atomic E-state index is 0.298. The van der Waals surface area contributed by atoms with E-state index in [1.165, 1.54) is 0 Å². The van der Waals surface area contributed by atoms with Gasteiger partial charge in [-0.1, -0.05) is 30.3 Å². The molecular formula is C11H15NO2. The van der Waals surface area contributed by atoms with Crippen LogP contribution in [-0.2, 0) is 14.9 Å². The summed E-state index contributed by atoms with van der Waals surface area (Å²) < 4.78 is 5.02. The lowest BCUT2D eigenvalue weighted by Crippen LogP contribution is -2.42. The van der Waals surface area contributed by atoms with Crippen LogP contribution in [0, 0.1) is 0 Å². The molecule has 0 aliphatic heterocycles. The third-order valence-corrected chi connectivity index (χ3v) is 2.39. The standard InChI is InChI=1S/C11H15NO2/c1-11(8-14-2,10(12)13)9-6-4-3-5-7-9/h3-7H,8H2,1-2H3,(H2,12,13). The summed E-state index contributed by atoms with van der Waals surface area (Å²) in [5.41, 5.74) is 5.51. The van der Waals surface area contributed by atoms with Crippen molar-refractivity contribution in [2.24, 2.45) is 5.73 Å². The average molecular weight is 193 g/mol. The van der Waals surface area contributed by atoms with Gasteiger partial charge in [-0.3, -0.25) is 4.79 Å². The first-order valence-corrected chi connectivity index (χ1v) is 4.45. The summed E-state index contributed by atoms with van der Waals surface area (Å²) in [7, 11) is 1.56. The topological polar surface area (TPSA) is 52.3 Å². The molecule has 0 spiro atoms. The maximum atomic E-state index is 11.4. The molecule has 1 aromatic rings. The Bertz CT molecular complexity index is 310. The third kappa shape index (κ3) is 1.93. The van der Waals surface area contributed by atoms with Crippen LogP contribution in [0.4, 0.5) is 0 Å². The molecule has 0 saturated carbocycles. The molecule has 1 unspecified atom stereocenters. The van der Waals surface area contributed by atoms with Crippen molar-refractivity contribution < 1.29 is 9.53 Å². The van der Waals surface area contributed by atoms with Gasteiger partial charge in [-0.15, -0.1) is 0 Å². The minimum atomic E-state index is -0.740. The molecule has 0 radical (unpaired) electrons. The van der Waals surface area contributed by atoms with Crippen LogP contribution in [-0.4, -0.2) is 19.6 Å². The van der Waals surface area contributed by atoms with E-state index in [-0.39, 0.29) is 5.91 Å². The molecule has 1 atom stereocenters. The van der Waals surface area contributed by atoms with Gasteiger partial charge in [0.15, 0.2) is 0 Å². The first-order chi connectivity index (χ1) is 6.61. The van der Waals surface area contributed by atoms with E-state index in [1.54, 1.807) is 14.0 Å². The van der Waals surface area contributed by atoms with Gasteiger partial charge in [0.2, 0.25) is 5.91 Å². The molecule has 3 heteroatoms. The van der Waals surface area contributed by atoms with E-state index in [9.17, 15) is 4.79 Å². The second-order valence-corrected chi connectivity index (χ2v) is 3.50. The highest BCUT2D eigenvalue weighted by Crippen LogP contribution is 2.23. The number of rotatable bonds is 4. The molecule has 1 aromatic carbocycles. The number of hydrogen-bond donors (Lipinski definition) is 1. The van der Waals surface area contributed by atoms with Gasteiger partial charge in [0.1, 0.15) is 0 Å². The fourth-order valence-electron chi connectivity index (χ4n) is 1.39. The van der Waals surface area contributed by atoms with Crippen molar-refractivity contribution in [3.8, 4) is 0 Å². The monoisotopic (exact) mass is 193 g/mol. The van der Waals surface area contributed by atoms with Crippen molar-refractivity contribution in [2.45, 2.75) is 12.3 Å². The lowest BCUT2D eigenvalue weighted by Gasteiger charge is -2.25. The molecule has 0 bridgehead atoms. The Morgan fingerprint density at radius 1 is 1.43 bits per heavy atom. The van der Waals surface area contributed by atoms with Crippen LogP contribution in [0.15, 0.2) is 30.3 Å². The van der Waals surface area contributed by atoms with E-state index in [2.05, 4.69) is 0 Å². The van der Waals surface area contributed by atoms with Gasteiger partial charge in [0.25, 0.3) is 0 Å². The highest BCUT2D eigenvalue weighted by Gasteiger charge is 2.32. The van der Waals surface area contributed by atoms with Gasteiger partial charge in [-0.05, 0) is 12.5 Å². The first kappa shape index (κ1) is 10.7. The van der Waals surface area contributed by atoms with Crippen LogP contribution >= 0.6 is 0 Å². The van der Waals surface area contributed by atoms with E-state index in [0.29, 0.717) is 6.61 Å². The molecule has 1 amide bonds. The van der Waals surface area contributed by atoms with Crippen molar-refractivity contribution in [2.75, 3.05) is 13.7 Å². The Morgan fingerprint density at radius 3 is 2.43 bits per heavy atom. The highest BCUT2D eigenvalue weighted by atomic mass is 16.5. The van der Waals surface area contributed by atoms with E-state index in [1.807, 2.05) is 30.3 Å². The molecule has 0 aliphatic carbocycles. The van der Waals surface area contributed by atoms with Gasteiger partial charge < -0.3 is 10.5 Å². The zero-order valence-corrected chi connectivity index (χ0v) is 8.49. The molecule has 0 saturated heterocycles. The lowest BCUT2D eigenvalue weighted by atomic mass is 9.82. The van der Waals surface area contributed by atoms with E-state index in [4.69, 9.17) is 10.5 Å². The Kier molecular flexibility index (Phi) is 3.25. The number of methoxy groups -OCH3 is 1. The Hall–Kier alpha value is -1.35. The lowest BCUT2D eigenvalue weighted by molar-refractivity contribution is -0.124. The Morgan fingerprint density at radius 2 is 2.00 bits per heavy atom. The van der Waals surface area contributed by atoms with Crippen molar-refractivity contribution in [3.63, 3.8) is 0 Å². The number of carbonyl (C=O) groups is 1. The summed E-state index contributed by atoms with van der Waals surface area (Å²) in [6.07, 6.45) is 0. The molecule has 14 heavy (non-hydrogen) atoms. The summed E-state index contributed by atoms with van der Waals surface area (Å²) in [5.74, 6) is -0.370. The SMILES string of the molecule is COCC(C)(C(N)=O)c1ccccc1. The van der Waals surface area contributed by atoms with Gasteiger partial charge in [-0.25, -0.2) is 0 Å². The fourth-order valence-corrected chi connectivity index (χ4v) is 1.39. The molecule has 0 aliphatic rings. The Balaban J connectivity index is 3.06. The summed E-state index contributed by atoms with van der Waals surface area (Å²) >= 11 is 0. The van der Waals surface area contributed by atoms with Gasteiger partial charge in [0, 0.05) is 7.11 Å². The largest absolute Gasteiger partial charge is 0.383 e. The van der Waals surface area contributed by atoms with Crippen molar-refractivity contribution in [1.29, 1.82) is 0 Å². The number of primary amides is 1. The smallest absolute Gasteiger partial charge is 0.230 e. The fraction of sp³-hybridized carbons (Fsp3) is 0.364. The summed E-state index contributed by atoms with van der Waals surface area (Å²) in [6.45, 7) is 2.08. The molecule has 2 N–H and O–H groups in total. The zero-order valence-electron chi connectivity index (χ0n) is 8.49. The maximum absolute atomic E-state index is 11.4. The third-order valence-electron chi connectivity index (χ3n) is 2.39. The molecule has 3 nitrogen and oxygen atoms in total. The quantitative estimate of drug-likeness (QED) is 0.777.